The van der Waals surface area contributed by atoms with Crippen molar-refractivity contribution in [2.45, 2.75) is 46.4 Å². The van der Waals surface area contributed by atoms with Crippen molar-refractivity contribution in [2.24, 2.45) is 4.99 Å². The summed E-state index contributed by atoms with van der Waals surface area (Å²) >= 11 is 7.02. The summed E-state index contributed by atoms with van der Waals surface area (Å²) in [5.74, 6) is 0.822. The molecule has 1 aliphatic rings. The topological polar surface area (TPSA) is 88.4 Å². The first kappa shape index (κ1) is 33.9. The van der Waals surface area contributed by atoms with E-state index < -0.39 is 12.0 Å². The molecule has 0 amide bonds. The Morgan fingerprint density at radius 2 is 1.89 bits per heavy atom. The van der Waals surface area contributed by atoms with Gasteiger partial charge in [-0.15, -0.1) is 0 Å². The fraction of sp³-hybridized carbons (Fsp3) is 0.265. The molecule has 0 bridgehead atoms. The van der Waals surface area contributed by atoms with Crippen LogP contribution in [0, 0.1) is 9.39 Å². The highest BCUT2D eigenvalue weighted by Gasteiger charge is 2.34. The van der Waals surface area contributed by atoms with E-state index in [-0.39, 0.29) is 36.3 Å². The van der Waals surface area contributed by atoms with Gasteiger partial charge in [-0.25, -0.2) is 14.2 Å². The number of methoxy groups -OCH3 is 1. The van der Waals surface area contributed by atoms with E-state index in [1.165, 1.54) is 28.0 Å². The molecule has 0 saturated heterocycles. The summed E-state index contributed by atoms with van der Waals surface area (Å²) in [6, 6.07) is 14.5. The van der Waals surface area contributed by atoms with Gasteiger partial charge in [0.25, 0.3) is 5.56 Å². The summed E-state index contributed by atoms with van der Waals surface area (Å²) < 4.78 is 39.8. The minimum atomic E-state index is -0.798. The Bertz CT molecular complexity index is 1980. The Morgan fingerprint density at radius 1 is 1.15 bits per heavy atom. The van der Waals surface area contributed by atoms with Crippen LogP contribution in [0.25, 0.3) is 6.08 Å². The number of fused-ring (bicyclic) bond motifs is 1. The van der Waals surface area contributed by atoms with Crippen LogP contribution in [-0.4, -0.2) is 30.4 Å². The van der Waals surface area contributed by atoms with Crippen LogP contribution in [0.4, 0.5) is 4.39 Å². The summed E-state index contributed by atoms with van der Waals surface area (Å²) in [4.78, 5) is 32.5. The third-order valence-corrected chi connectivity index (χ3v) is 9.37. The number of hydrogen-bond acceptors (Lipinski definition) is 8. The number of benzene rings is 3. The molecule has 1 aromatic heterocycles. The van der Waals surface area contributed by atoms with Gasteiger partial charge in [0.15, 0.2) is 16.3 Å². The van der Waals surface area contributed by atoms with Gasteiger partial charge in [0, 0.05) is 0 Å². The summed E-state index contributed by atoms with van der Waals surface area (Å²) in [6.45, 7) is 7.76. The number of hydrogen-bond donors (Lipinski definition) is 0. The summed E-state index contributed by atoms with van der Waals surface area (Å²) in [7, 11) is 1.55. The standard InChI is InChI=1S/C34H31BrFIN2O6S/c1-6-43-33(41)29-19(4)38-34-39(30(29)22-9-12-26(45-18(2)3)27(16-22)42-5)32(40)28(46-34)15-21-13-24(35)31(25(37)14-21)44-17-20-7-10-23(36)11-8-20/h7-16,18,30H,6,17H2,1-5H3/b28-15-/t30-/m1/s1. The lowest BCUT2D eigenvalue weighted by Crippen LogP contribution is -2.40. The lowest BCUT2D eigenvalue weighted by molar-refractivity contribution is -0.139. The van der Waals surface area contributed by atoms with Crippen molar-refractivity contribution in [2.75, 3.05) is 13.7 Å². The zero-order chi connectivity index (χ0) is 33.1. The zero-order valence-corrected chi connectivity index (χ0v) is 30.3. The molecular weight excluding hydrogens is 790 g/mol. The second-order valence-corrected chi connectivity index (χ2v) is 13.6. The van der Waals surface area contributed by atoms with E-state index in [0.717, 1.165) is 14.7 Å². The monoisotopic (exact) mass is 820 g/mol. The molecule has 5 rings (SSSR count). The Balaban J connectivity index is 1.57. The molecule has 0 spiro atoms. The Labute approximate surface area is 291 Å². The van der Waals surface area contributed by atoms with E-state index in [0.29, 0.717) is 42.3 Å². The largest absolute Gasteiger partial charge is 0.493 e. The first-order valence-corrected chi connectivity index (χ1v) is 17.1. The lowest BCUT2D eigenvalue weighted by atomic mass is 9.95. The average Bonchev–Trinajstić information content (AvgIpc) is 3.30. The molecule has 0 radical (unpaired) electrons. The van der Waals surface area contributed by atoms with E-state index in [9.17, 15) is 14.0 Å². The van der Waals surface area contributed by atoms with Crippen LogP contribution in [0.1, 0.15) is 50.4 Å². The fourth-order valence-electron chi connectivity index (χ4n) is 5.00. The maximum atomic E-state index is 14.1. The van der Waals surface area contributed by atoms with Gasteiger partial charge in [-0.05, 0) is 125 Å². The second kappa shape index (κ2) is 14.5. The number of nitrogens with zero attached hydrogens (tertiary/aromatic N) is 2. The van der Waals surface area contributed by atoms with Gasteiger partial charge in [0.05, 0.1) is 49.7 Å². The molecule has 2 heterocycles. The minimum absolute atomic E-state index is 0.0758. The van der Waals surface area contributed by atoms with Crippen molar-refractivity contribution in [1.82, 2.24) is 4.57 Å². The predicted molar refractivity (Wildman–Crippen MR) is 187 cm³/mol. The maximum Gasteiger partial charge on any atom is 0.338 e. The summed E-state index contributed by atoms with van der Waals surface area (Å²) in [6.07, 6.45) is 1.72. The van der Waals surface area contributed by atoms with Crippen molar-refractivity contribution in [3.63, 3.8) is 0 Å². The van der Waals surface area contributed by atoms with Gasteiger partial charge < -0.3 is 18.9 Å². The number of allylic oxidation sites excluding steroid dienone is 1. The number of aromatic nitrogens is 1. The molecule has 0 saturated carbocycles. The van der Waals surface area contributed by atoms with Gasteiger partial charge in [-0.2, -0.15) is 0 Å². The zero-order valence-electron chi connectivity index (χ0n) is 25.7. The number of ether oxygens (including phenoxy) is 4. The lowest BCUT2D eigenvalue weighted by Gasteiger charge is -2.25. The first-order chi connectivity index (χ1) is 22.0. The van der Waals surface area contributed by atoms with Crippen LogP contribution in [0.15, 0.2) is 80.1 Å². The van der Waals surface area contributed by atoms with Crippen LogP contribution >= 0.6 is 49.9 Å². The summed E-state index contributed by atoms with van der Waals surface area (Å²) in [5.41, 5.74) is 2.70. The van der Waals surface area contributed by atoms with Gasteiger partial charge in [-0.1, -0.05) is 29.5 Å². The highest BCUT2D eigenvalue weighted by Crippen LogP contribution is 2.37. The number of thiazole rings is 1. The first-order valence-electron chi connectivity index (χ1n) is 14.4. The van der Waals surface area contributed by atoms with Gasteiger partial charge >= 0.3 is 5.97 Å². The van der Waals surface area contributed by atoms with E-state index in [1.807, 2.05) is 32.0 Å². The van der Waals surface area contributed by atoms with Crippen molar-refractivity contribution < 1.29 is 28.1 Å². The van der Waals surface area contributed by atoms with Crippen LogP contribution in [0.3, 0.4) is 0 Å². The molecule has 46 heavy (non-hydrogen) atoms. The quantitative estimate of drug-likeness (QED) is 0.131. The molecule has 0 fully saturated rings. The van der Waals surface area contributed by atoms with Crippen molar-refractivity contribution in [3.05, 3.63) is 116 Å². The minimum Gasteiger partial charge on any atom is -0.493 e. The second-order valence-electron chi connectivity index (χ2n) is 10.6. The Hall–Kier alpha value is -3.49. The number of halogens is 3. The van der Waals surface area contributed by atoms with Crippen LogP contribution in [0.2, 0.25) is 0 Å². The van der Waals surface area contributed by atoms with E-state index >= 15 is 0 Å². The molecule has 1 aliphatic heterocycles. The predicted octanol–water partition coefficient (Wildman–Crippen LogP) is 6.68. The van der Waals surface area contributed by atoms with E-state index in [4.69, 9.17) is 18.9 Å². The molecule has 3 aromatic carbocycles. The molecule has 0 unspecified atom stereocenters. The van der Waals surface area contributed by atoms with E-state index in [2.05, 4.69) is 43.5 Å². The normalized spacial score (nSPS) is 14.6. The molecule has 0 N–H and O–H groups in total. The van der Waals surface area contributed by atoms with E-state index in [1.54, 1.807) is 51.3 Å². The van der Waals surface area contributed by atoms with Crippen LogP contribution < -0.4 is 29.1 Å². The molecule has 8 nitrogen and oxygen atoms in total. The number of carbonyl (C=O) groups is 1. The average molecular weight is 822 g/mol. The van der Waals surface area contributed by atoms with Crippen molar-refractivity contribution in [1.29, 1.82) is 0 Å². The third-order valence-electron chi connectivity index (χ3n) is 7.00. The number of carbonyl (C=O) groups excluding carboxylic acids is 1. The van der Waals surface area contributed by atoms with Gasteiger partial charge in [-0.3, -0.25) is 9.36 Å². The highest BCUT2D eigenvalue weighted by molar-refractivity contribution is 14.1. The SMILES string of the molecule is CCOC(=O)C1=C(C)N=c2s/c(=C\c3cc(Br)c(OCc4ccc(F)cc4)c(I)c3)c(=O)n2[C@@H]1c1ccc(OC(C)C)c(OC)c1. The molecule has 1 atom stereocenters. The van der Waals surface area contributed by atoms with Crippen LogP contribution in [0.5, 0.6) is 17.2 Å². The maximum absolute atomic E-state index is 14.1. The van der Waals surface area contributed by atoms with Gasteiger partial charge in [0.1, 0.15) is 18.2 Å². The third kappa shape index (κ3) is 7.23. The number of esters is 1. The fourth-order valence-corrected chi connectivity index (χ4v) is 7.82. The molecule has 12 heteroatoms. The van der Waals surface area contributed by atoms with Crippen LogP contribution in [-0.2, 0) is 16.1 Å². The van der Waals surface area contributed by atoms with Gasteiger partial charge in [0.2, 0.25) is 0 Å². The number of rotatable bonds is 10. The smallest absolute Gasteiger partial charge is 0.338 e. The Morgan fingerprint density at radius 3 is 2.54 bits per heavy atom. The molecular formula is C34H31BrFIN2O6S. The molecule has 4 aromatic rings. The molecule has 240 valence electrons. The highest BCUT2D eigenvalue weighted by atomic mass is 127. The van der Waals surface area contributed by atoms with Crippen molar-refractivity contribution in [3.8, 4) is 17.2 Å². The van der Waals surface area contributed by atoms with Crippen molar-refractivity contribution >= 4 is 61.9 Å². The molecule has 0 aliphatic carbocycles. The Kier molecular flexibility index (Phi) is 10.7. The summed E-state index contributed by atoms with van der Waals surface area (Å²) in [5, 5.41) is 0.